The third-order valence-electron chi connectivity index (χ3n) is 2.34. The molecule has 0 bridgehead atoms. The Morgan fingerprint density at radius 3 is 2.74 bits per heavy atom. The summed E-state index contributed by atoms with van der Waals surface area (Å²) in [6.07, 6.45) is 0. The number of aryl methyl sites for hydroxylation is 1. The van der Waals surface area contributed by atoms with Gasteiger partial charge in [-0.1, -0.05) is 25.9 Å². The molecule has 0 saturated heterocycles. The predicted octanol–water partition coefficient (Wildman–Crippen LogP) is 2.66. The number of hydrogen-bond acceptors (Lipinski definition) is 4. The van der Waals surface area contributed by atoms with Crippen LogP contribution in [0.25, 0.3) is 0 Å². The molecule has 0 aliphatic carbocycles. The van der Waals surface area contributed by atoms with Crippen molar-refractivity contribution in [2.24, 2.45) is 0 Å². The highest BCUT2D eigenvalue weighted by Crippen LogP contribution is 2.21. The van der Waals surface area contributed by atoms with Crippen LogP contribution in [-0.4, -0.2) is 40.2 Å². The second-order valence-electron chi connectivity index (χ2n) is 5.48. The minimum Gasteiger partial charge on any atom is -0.361 e. The molecule has 0 unspecified atom stereocenters. The number of rotatable bonds is 5. The summed E-state index contributed by atoms with van der Waals surface area (Å²) in [7, 11) is 1.75. The van der Waals surface area contributed by atoms with Crippen LogP contribution >= 0.6 is 11.8 Å². The van der Waals surface area contributed by atoms with Gasteiger partial charge in [0, 0.05) is 30.2 Å². The number of nitrogens with one attached hydrogen (secondary N) is 1. The Morgan fingerprint density at radius 2 is 2.21 bits per heavy atom. The number of urea groups is 1. The molecule has 1 aromatic rings. The van der Waals surface area contributed by atoms with Gasteiger partial charge in [-0.3, -0.25) is 0 Å². The normalized spacial score (nSPS) is 11.4. The van der Waals surface area contributed by atoms with Crippen LogP contribution in [0.4, 0.5) is 4.79 Å². The van der Waals surface area contributed by atoms with E-state index in [0.717, 1.165) is 17.2 Å². The second kappa shape index (κ2) is 6.84. The maximum Gasteiger partial charge on any atom is 0.317 e. The molecule has 0 radical (unpaired) electrons. The van der Waals surface area contributed by atoms with Crippen LogP contribution in [0.3, 0.4) is 0 Å². The zero-order valence-corrected chi connectivity index (χ0v) is 13.1. The van der Waals surface area contributed by atoms with E-state index >= 15 is 0 Å². The molecular weight excluding hydrogens is 262 g/mol. The van der Waals surface area contributed by atoms with Crippen molar-refractivity contribution >= 4 is 17.8 Å². The summed E-state index contributed by atoms with van der Waals surface area (Å²) >= 11 is 1.83. The van der Waals surface area contributed by atoms with Gasteiger partial charge in [-0.25, -0.2) is 4.79 Å². The topological polar surface area (TPSA) is 58.4 Å². The summed E-state index contributed by atoms with van der Waals surface area (Å²) in [5.41, 5.74) is 0.763. The van der Waals surface area contributed by atoms with E-state index in [4.69, 9.17) is 4.52 Å². The lowest BCUT2D eigenvalue weighted by atomic mass is 10.3. The first-order valence-electron chi connectivity index (χ1n) is 6.33. The summed E-state index contributed by atoms with van der Waals surface area (Å²) in [5, 5.41) is 6.76. The largest absolute Gasteiger partial charge is 0.361 e. The van der Waals surface area contributed by atoms with Crippen molar-refractivity contribution in [1.29, 1.82) is 0 Å². The van der Waals surface area contributed by atoms with Crippen molar-refractivity contribution in [3.8, 4) is 0 Å². The molecule has 2 amide bonds. The van der Waals surface area contributed by atoms with Crippen LogP contribution in [0, 0.1) is 6.92 Å². The molecule has 5 nitrogen and oxygen atoms in total. The first kappa shape index (κ1) is 15.9. The van der Waals surface area contributed by atoms with Gasteiger partial charge in [-0.05, 0) is 6.92 Å². The lowest BCUT2D eigenvalue weighted by Gasteiger charge is -2.19. The Balaban J connectivity index is 2.25. The molecule has 0 aliphatic rings. The molecule has 1 N–H and O–H groups in total. The highest BCUT2D eigenvalue weighted by atomic mass is 32.2. The number of amides is 2. The molecule has 0 aliphatic heterocycles. The zero-order chi connectivity index (χ0) is 14.5. The van der Waals surface area contributed by atoms with Crippen molar-refractivity contribution in [2.45, 2.75) is 39.0 Å². The quantitative estimate of drug-likeness (QED) is 0.845. The fraction of sp³-hybridized carbons (Fsp3) is 0.692. The first-order chi connectivity index (χ1) is 8.78. The van der Waals surface area contributed by atoms with Gasteiger partial charge in [0.25, 0.3) is 0 Å². The van der Waals surface area contributed by atoms with Gasteiger partial charge >= 0.3 is 6.03 Å². The predicted molar refractivity (Wildman–Crippen MR) is 78.3 cm³/mol. The van der Waals surface area contributed by atoms with Crippen LogP contribution < -0.4 is 5.32 Å². The van der Waals surface area contributed by atoms with E-state index in [1.807, 2.05) is 24.8 Å². The minimum absolute atomic E-state index is 0.0878. The SMILES string of the molecule is Cc1cc(CN(C)C(=O)NCCSC(C)(C)C)no1. The summed E-state index contributed by atoms with van der Waals surface area (Å²) in [6, 6.07) is 1.74. The smallest absolute Gasteiger partial charge is 0.317 e. The molecule has 0 fully saturated rings. The molecule has 0 saturated carbocycles. The zero-order valence-electron chi connectivity index (χ0n) is 12.3. The summed E-state index contributed by atoms with van der Waals surface area (Å²) in [6.45, 7) is 9.45. The summed E-state index contributed by atoms with van der Waals surface area (Å²) < 4.78 is 5.20. The van der Waals surface area contributed by atoms with E-state index in [-0.39, 0.29) is 10.8 Å². The van der Waals surface area contributed by atoms with E-state index < -0.39 is 0 Å². The van der Waals surface area contributed by atoms with Crippen molar-refractivity contribution in [3.05, 3.63) is 17.5 Å². The van der Waals surface area contributed by atoms with Crippen LogP contribution in [0.5, 0.6) is 0 Å². The highest BCUT2D eigenvalue weighted by molar-refractivity contribution is 8.00. The molecule has 1 rings (SSSR count). The number of nitrogens with zero attached hydrogens (tertiary/aromatic N) is 2. The lowest BCUT2D eigenvalue weighted by Crippen LogP contribution is -2.38. The van der Waals surface area contributed by atoms with Crippen LogP contribution in [-0.2, 0) is 6.54 Å². The fourth-order valence-corrected chi connectivity index (χ4v) is 2.27. The third-order valence-corrected chi connectivity index (χ3v) is 3.61. The van der Waals surface area contributed by atoms with Crippen LogP contribution in [0.15, 0.2) is 10.6 Å². The summed E-state index contributed by atoms with van der Waals surface area (Å²) in [4.78, 5) is 13.4. The average Bonchev–Trinajstić information content (AvgIpc) is 2.68. The molecule has 6 heteroatoms. The maximum atomic E-state index is 11.8. The van der Waals surface area contributed by atoms with Crippen LogP contribution in [0.1, 0.15) is 32.2 Å². The molecule has 0 atom stereocenters. The molecular formula is C13H23N3O2S. The number of carbonyl (C=O) groups excluding carboxylic acids is 1. The standard InChI is InChI=1S/C13H23N3O2S/c1-10-8-11(15-18-10)9-16(5)12(17)14-6-7-19-13(2,3)4/h8H,6-7,9H2,1-5H3,(H,14,17). The summed E-state index contributed by atoms with van der Waals surface area (Å²) in [5.74, 6) is 1.66. The van der Waals surface area contributed by atoms with Crippen LogP contribution in [0.2, 0.25) is 0 Å². The van der Waals surface area contributed by atoms with Crippen molar-refractivity contribution < 1.29 is 9.32 Å². The third kappa shape index (κ3) is 6.52. The van der Waals surface area contributed by atoms with E-state index in [1.165, 1.54) is 0 Å². The monoisotopic (exact) mass is 285 g/mol. The van der Waals surface area contributed by atoms with Gasteiger partial charge < -0.3 is 14.7 Å². The Labute approximate surface area is 119 Å². The van der Waals surface area contributed by atoms with Gasteiger partial charge in [0.1, 0.15) is 11.5 Å². The number of hydrogen-bond donors (Lipinski definition) is 1. The Hall–Kier alpha value is -1.17. The molecule has 1 aromatic heterocycles. The van der Waals surface area contributed by atoms with E-state index in [0.29, 0.717) is 13.1 Å². The Kier molecular flexibility index (Phi) is 5.72. The number of aromatic nitrogens is 1. The van der Waals surface area contributed by atoms with Gasteiger partial charge in [0.2, 0.25) is 0 Å². The van der Waals surface area contributed by atoms with Gasteiger partial charge in [0.05, 0.1) is 6.54 Å². The van der Waals surface area contributed by atoms with Gasteiger partial charge in [-0.15, -0.1) is 0 Å². The van der Waals surface area contributed by atoms with Crippen molar-refractivity contribution in [3.63, 3.8) is 0 Å². The van der Waals surface area contributed by atoms with E-state index in [1.54, 1.807) is 11.9 Å². The maximum absolute atomic E-state index is 11.8. The molecule has 108 valence electrons. The Bertz CT molecular complexity index is 412. The van der Waals surface area contributed by atoms with E-state index in [2.05, 4.69) is 31.2 Å². The molecule has 0 spiro atoms. The van der Waals surface area contributed by atoms with Crippen molar-refractivity contribution in [1.82, 2.24) is 15.4 Å². The minimum atomic E-state index is -0.0878. The number of carbonyl (C=O) groups is 1. The molecule has 19 heavy (non-hydrogen) atoms. The fourth-order valence-electron chi connectivity index (χ4n) is 1.46. The first-order valence-corrected chi connectivity index (χ1v) is 7.31. The Morgan fingerprint density at radius 1 is 1.53 bits per heavy atom. The average molecular weight is 285 g/mol. The number of thioether (sulfide) groups is 1. The molecule has 1 heterocycles. The molecule has 0 aromatic carbocycles. The van der Waals surface area contributed by atoms with E-state index in [9.17, 15) is 4.79 Å². The van der Waals surface area contributed by atoms with Gasteiger partial charge in [-0.2, -0.15) is 11.8 Å². The highest BCUT2D eigenvalue weighted by Gasteiger charge is 2.12. The van der Waals surface area contributed by atoms with Gasteiger partial charge in [0.15, 0.2) is 0 Å². The van der Waals surface area contributed by atoms with Crippen molar-refractivity contribution in [2.75, 3.05) is 19.3 Å². The second-order valence-corrected chi connectivity index (χ2v) is 7.40. The lowest BCUT2D eigenvalue weighted by molar-refractivity contribution is 0.206.